The summed E-state index contributed by atoms with van der Waals surface area (Å²) in [6.45, 7) is 4.80. The SMILES string of the molecule is CC(=O)N1CCCC(=O)C(C)C1. The fourth-order valence-corrected chi connectivity index (χ4v) is 1.50. The van der Waals surface area contributed by atoms with Gasteiger partial charge in [0.05, 0.1) is 0 Å². The van der Waals surface area contributed by atoms with Crippen molar-refractivity contribution in [1.29, 1.82) is 0 Å². The quantitative estimate of drug-likeness (QED) is 0.538. The summed E-state index contributed by atoms with van der Waals surface area (Å²) in [5.74, 6) is 0.395. The highest BCUT2D eigenvalue weighted by Crippen LogP contribution is 2.12. The number of carbonyl (C=O) groups excluding carboxylic acids is 2. The first kappa shape index (κ1) is 9.23. The van der Waals surface area contributed by atoms with Crippen LogP contribution in [-0.4, -0.2) is 29.7 Å². The molecule has 0 aliphatic carbocycles. The number of likely N-dealkylation sites (tertiary alicyclic amines) is 1. The first-order valence-electron chi connectivity index (χ1n) is 4.39. The molecule has 0 aromatic heterocycles. The lowest BCUT2D eigenvalue weighted by Crippen LogP contribution is -2.33. The maximum Gasteiger partial charge on any atom is 0.219 e. The van der Waals surface area contributed by atoms with Gasteiger partial charge >= 0.3 is 0 Å². The van der Waals surface area contributed by atoms with Crippen LogP contribution < -0.4 is 0 Å². The first-order valence-corrected chi connectivity index (χ1v) is 4.39. The average Bonchev–Trinajstić information content (AvgIpc) is 2.15. The molecule has 1 atom stereocenters. The van der Waals surface area contributed by atoms with Gasteiger partial charge in [0, 0.05) is 32.4 Å². The highest BCUT2D eigenvalue weighted by molar-refractivity contribution is 5.82. The smallest absolute Gasteiger partial charge is 0.219 e. The molecule has 1 saturated heterocycles. The number of carbonyl (C=O) groups is 2. The van der Waals surface area contributed by atoms with Crippen LogP contribution >= 0.6 is 0 Å². The molecule has 1 aliphatic rings. The lowest BCUT2D eigenvalue weighted by Gasteiger charge is -2.19. The molecular weight excluding hydrogens is 154 g/mol. The van der Waals surface area contributed by atoms with Crippen molar-refractivity contribution < 1.29 is 9.59 Å². The van der Waals surface area contributed by atoms with Crippen LogP contribution in [0.15, 0.2) is 0 Å². The Kier molecular flexibility index (Phi) is 2.84. The van der Waals surface area contributed by atoms with Crippen molar-refractivity contribution in [1.82, 2.24) is 4.90 Å². The van der Waals surface area contributed by atoms with E-state index in [-0.39, 0.29) is 11.8 Å². The van der Waals surface area contributed by atoms with E-state index in [4.69, 9.17) is 0 Å². The Hall–Kier alpha value is -0.860. The van der Waals surface area contributed by atoms with Crippen LogP contribution in [0, 0.1) is 5.92 Å². The molecule has 1 aliphatic heterocycles. The van der Waals surface area contributed by atoms with E-state index >= 15 is 0 Å². The summed E-state index contributed by atoms with van der Waals surface area (Å²) in [4.78, 5) is 24.0. The van der Waals surface area contributed by atoms with Gasteiger partial charge in [0.15, 0.2) is 0 Å². The lowest BCUT2D eigenvalue weighted by atomic mass is 10.0. The molecule has 1 unspecified atom stereocenters. The highest BCUT2D eigenvalue weighted by atomic mass is 16.2. The van der Waals surface area contributed by atoms with Crippen molar-refractivity contribution >= 4 is 11.7 Å². The third-order valence-electron chi connectivity index (χ3n) is 2.34. The van der Waals surface area contributed by atoms with Crippen molar-refractivity contribution in [2.75, 3.05) is 13.1 Å². The van der Waals surface area contributed by atoms with Gasteiger partial charge in [0.25, 0.3) is 0 Å². The van der Waals surface area contributed by atoms with Gasteiger partial charge in [-0.25, -0.2) is 0 Å². The third-order valence-corrected chi connectivity index (χ3v) is 2.34. The Morgan fingerprint density at radius 1 is 1.58 bits per heavy atom. The zero-order valence-corrected chi connectivity index (χ0v) is 7.67. The van der Waals surface area contributed by atoms with Crippen LogP contribution in [0.4, 0.5) is 0 Å². The van der Waals surface area contributed by atoms with Crippen molar-refractivity contribution in [2.24, 2.45) is 5.92 Å². The van der Waals surface area contributed by atoms with E-state index in [2.05, 4.69) is 0 Å². The predicted octanol–water partition coefficient (Wildman–Crippen LogP) is 0.834. The molecule has 1 heterocycles. The van der Waals surface area contributed by atoms with Crippen molar-refractivity contribution in [3.05, 3.63) is 0 Å². The van der Waals surface area contributed by atoms with Gasteiger partial charge in [-0.2, -0.15) is 0 Å². The Bertz CT molecular complexity index is 201. The van der Waals surface area contributed by atoms with Crippen LogP contribution in [0.2, 0.25) is 0 Å². The summed E-state index contributed by atoms with van der Waals surface area (Å²) < 4.78 is 0. The Balaban J connectivity index is 2.59. The molecular formula is C9H15NO2. The topological polar surface area (TPSA) is 37.4 Å². The molecule has 0 spiro atoms. The fourth-order valence-electron chi connectivity index (χ4n) is 1.50. The maximum atomic E-state index is 11.2. The summed E-state index contributed by atoms with van der Waals surface area (Å²) in [6, 6.07) is 0. The second-order valence-corrected chi connectivity index (χ2v) is 3.44. The number of Topliss-reactive ketones (excluding diaryl/α,β-unsaturated/α-hetero) is 1. The first-order chi connectivity index (χ1) is 5.61. The lowest BCUT2D eigenvalue weighted by molar-refractivity contribution is -0.129. The van der Waals surface area contributed by atoms with E-state index < -0.39 is 0 Å². The van der Waals surface area contributed by atoms with Crippen LogP contribution in [0.3, 0.4) is 0 Å². The minimum Gasteiger partial charge on any atom is -0.342 e. The molecule has 3 nitrogen and oxygen atoms in total. The predicted molar refractivity (Wildman–Crippen MR) is 45.7 cm³/mol. The molecule has 68 valence electrons. The van der Waals surface area contributed by atoms with E-state index in [1.54, 1.807) is 11.8 Å². The zero-order valence-electron chi connectivity index (χ0n) is 7.67. The summed E-state index contributed by atoms with van der Waals surface area (Å²) in [5.41, 5.74) is 0. The Labute approximate surface area is 72.7 Å². The van der Waals surface area contributed by atoms with Gasteiger partial charge in [-0.05, 0) is 6.42 Å². The Morgan fingerprint density at radius 3 is 2.83 bits per heavy atom. The second-order valence-electron chi connectivity index (χ2n) is 3.44. The molecule has 0 radical (unpaired) electrons. The van der Waals surface area contributed by atoms with Crippen LogP contribution in [0.5, 0.6) is 0 Å². The molecule has 0 saturated carbocycles. The van der Waals surface area contributed by atoms with E-state index in [1.807, 2.05) is 6.92 Å². The monoisotopic (exact) mass is 169 g/mol. The summed E-state index contributed by atoms with van der Waals surface area (Å²) in [7, 11) is 0. The minimum atomic E-state index is 0.0244. The molecule has 1 amide bonds. The van der Waals surface area contributed by atoms with Crippen molar-refractivity contribution in [3.8, 4) is 0 Å². The molecule has 3 heteroatoms. The van der Waals surface area contributed by atoms with Crippen LogP contribution in [0.25, 0.3) is 0 Å². The highest BCUT2D eigenvalue weighted by Gasteiger charge is 2.22. The zero-order chi connectivity index (χ0) is 9.14. The Morgan fingerprint density at radius 2 is 2.25 bits per heavy atom. The largest absolute Gasteiger partial charge is 0.342 e. The molecule has 0 bridgehead atoms. The maximum absolute atomic E-state index is 11.2. The number of nitrogens with zero attached hydrogens (tertiary/aromatic N) is 1. The van der Waals surface area contributed by atoms with E-state index in [0.29, 0.717) is 18.7 Å². The second kappa shape index (κ2) is 3.70. The normalized spacial score (nSPS) is 25.3. The summed E-state index contributed by atoms with van der Waals surface area (Å²) in [6.07, 6.45) is 1.45. The molecule has 12 heavy (non-hydrogen) atoms. The van der Waals surface area contributed by atoms with Gasteiger partial charge in [-0.1, -0.05) is 6.92 Å². The van der Waals surface area contributed by atoms with Crippen molar-refractivity contribution in [2.45, 2.75) is 26.7 Å². The number of hydrogen-bond donors (Lipinski definition) is 0. The van der Waals surface area contributed by atoms with Gasteiger partial charge in [0.1, 0.15) is 5.78 Å². The minimum absolute atomic E-state index is 0.0244. The molecule has 0 N–H and O–H groups in total. The number of rotatable bonds is 0. The summed E-state index contributed by atoms with van der Waals surface area (Å²) >= 11 is 0. The average molecular weight is 169 g/mol. The van der Waals surface area contributed by atoms with Crippen LogP contribution in [0.1, 0.15) is 26.7 Å². The van der Waals surface area contributed by atoms with E-state index in [0.717, 1.165) is 13.0 Å². The van der Waals surface area contributed by atoms with Gasteiger partial charge < -0.3 is 4.90 Å². The van der Waals surface area contributed by atoms with Crippen LogP contribution in [-0.2, 0) is 9.59 Å². The van der Waals surface area contributed by atoms with E-state index in [9.17, 15) is 9.59 Å². The molecule has 0 aromatic rings. The molecule has 1 fully saturated rings. The third kappa shape index (κ3) is 2.06. The summed E-state index contributed by atoms with van der Waals surface area (Å²) in [5, 5.41) is 0. The van der Waals surface area contributed by atoms with E-state index in [1.165, 1.54) is 0 Å². The van der Waals surface area contributed by atoms with Crippen molar-refractivity contribution in [3.63, 3.8) is 0 Å². The van der Waals surface area contributed by atoms with Gasteiger partial charge in [-0.3, -0.25) is 9.59 Å². The number of amides is 1. The number of hydrogen-bond acceptors (Lipinski definition) is 2. The molecule has 1 rings (SSSR count). The van der Waals surface area contributed by atoms with Gasteiger partial charge in [-0.15, -0.1) is 0 Å². The molecule has 0 aromatic carbocycles. The standard InChI is InChI=1S/C9H15NO2/c1-7-6-10(8(2)11)5-3-4-9(7)12/h7H,3-6H2,1-2H3. The fraction of sp³-hybridized carbons (Fsp3) is 0.778. The number of ketones is 1. The van der Waals surface area contributed by atoms with Gasteiger partial charge in [0.2, 0.25) is 5.91 Å².